The molecule has 0 atom stereocenters. The molecule has 0 aromatic heterocycles. The monoisotopic (exact) mass is 362 g/mol. The lowest BCUT2D eigenvalue weighted by Crippen LogP contribution is -2.30. The maximum atomic E-state index is 10.8. The number of rotatable bonds is 1. The fourth-order valence-corrected chi connectivity index (χ4v) is 2.46. The summed E-state index contributed by atoms with van der Waals surface area (Å²) in [5.74, 6) is -0.0718. The van der Waals surface area contributed by atoms with E-state index in [2.05, 4.69) is 16.0 Å². The van der Waals surface area contributed by atoms with Crippen molar-refractivity contribution in [2.24, 2.45) is 0 Å². The third-order valence-corrected chi connectivity index (χ3v) is 3.52. The Morgan fingerprint density at radius 1 is 1.05 bits per heavy atom. The van der Waals surface area contributed by atoms with E-state index in [0.29, 0.717) is 19.4 Å². The molecule has 8 nitrogen and oxygen atoms in total. The van der Waals surface area contributed by atoms with Crippen LogP contribution in [0.4, 0.5) is 0 Å². The molecule has 0 bridgehead atoms. The van der Waals surface area contributed by atoms with Crippen molar-refractivity contribution in [2.75, 3.05) is 25.6 Å². The van der Waals surface area contributed by atoms with Crippen LogP contribution in [0.25, 0.3) is 0 Å². The van der Waals surface area contributed by atoms with Gasteiger partial charge in [-0.05, 0) is 12.8 Å². The fraction of sp³-hybridized carbons (Fsp3) is 0.800. The zero-order chi connectivity index (χ0) is 16.7. The lowest BCUT2D eigenvalue weighted by atomic mass is 10.4. The van der Waals surface area contributed by atoms with Gasteiger partial charge >= 0.3 is 0 Å². The first-order valence-corrected chi connectivity index (χ1v) is 10.6. The second kappa shape index (κ2) is 8.54. The van der Waals surface area contributed by atoms with Crippen LogP contribution in [-0.4, -0.2) is 58.6 Å². The third-order valence-electron chi connectivity index (χ3n) is 2.33. The number of nitrogens with one attached hydrogen (secondary N) is 1. The Morgan fingerprint density at radius 3 is 1.71 bits per heavy atom. The molecule has 2 aliphatic heterocycles. The third kappa shape index (κ3) is 11.5. The lowest BCUT2D eigenvalue weighted by Gasteiger charge is -2.10. The number of carbonyl (C=O) groups excluding carboxylic acids is 2. The van der Waals surface area contributed by atoms with E-state index in [1.54, 1.807) is 0 Å². The maximum Gasteiger partial charge on any atom is 0.236 e. The van der Waals surface area contributed by atoms with Crippen molar-refractivity contribution in [3.8, 4) is 0 Å². The standard InChI is InChI=1S/C5H9NO3S.C4H7NO.CH3ClO2S/c1-10(8,9)6-4-2-3-5(6)7;6-4-2-1-3-5-4;1-5(2,3)4/h2-4H2,1H3;1-3H2,(H,5,6);1H3. The summed E-state index contributed by atoms with van der Waals surface area (Å²) in [6.07, 6.45) is 4.77. The van der Waals surface area contributed by atoms with Gasteiger partial charge in [-0.15, -0.1) is 0 Å². The second-order valence-electron chi connectivity index (χ2n) is 4.47. The van der Waals surface area contributed by atoms with Crippen LogP contribution in [0.5, 0.6) is 0 Å². The van der Waals surface area contributed by atoms with Gasteiger partial charge in [0.1, 0.15) is 0 Å². The highest BCUT2D eigenvalue weighted by Gasteiger charge is 2.27. The predicted molar refractivity (Wildman–Crippen MR) is 78.7 cm³/mol. The lowest BCUT2D eigenvalue weighted by molar-refractivity contribution is -0.123. The van der Waals surface area contributed by atoms with E-state index >= 15 is 0 Å². The highest BCUT2D eigenvalue weighted by atomic mass is 35.7. The summed E-state index contributed by atoms with van der Waals surface area (Å²) in [6.45, 7) is 1.25. The van der Waals surface area contributed by atoms with E-state index in [9.17, 15) is 26.4 Å². The average molecular weight is 363 g/mol. The normalized spacial score (nSPS) is 18.3. The SMILES string of the molecule is CS(=O)(=O)Cl.CS(=O)(=O)N1CCCC1=O.O=C1CCCN1. The Labute approximate surface area is 129 Å². The molecule has 2 aliphatic rings. The van der Waals surface area contributed by atoms with Crippen molar-refractivity contribution in [2.45, 2.75) is 25.7 Å². The Kier molecular flexibility index (Phi) is 8.19. The molecule has 0 aliphatic carbocycles. The Hall–Kier alpha value is -0.870. The summed E-state index contributed by atoms with van der Waals surface area (Å²) in [5.41, 5.74) is 0. The van der Waals surface area contributed by atoms with Crippen LogP contribution >= 0.6 is 10.7 Å². The molecule has 0 aromatic rings. The van der Waals surface area contributed by atoms with Gasteiger partial charge in [-0.2, -0.15) is 0 Å². The summed E-state index contributed by atoms with van der Waals surface area (Å²) in [7, 11) is -1.96. The molecule has 2 rings (SSSR count). The molecular weight excluding hydrogens is 344 g/mol. The summed E-state index contributed by atoms with van der Waals surface area (Å²) in [4.78, 5) is 20.9. The minimum atomic E-state index is -3.27. The summed E-state index contributed by atoms with van der Waals surface area (Å²) < 4.78 is 41.2. The van der Waals surface area contributed by atoms with Crippen LogP contribution in [0.15, 0.2) is 0 Å². The average Bonchev–Trinajstić information content (AvgIpc) is 2.86. The number of halogens is 1. The van der Waals surface area contributed by atoms with Gasteiger partial charge in [0.25, 0.3) is 0 Å². The number of carbonyl (C=O) groups is 2. The van der Waals surface area contributed by atoms with Crippen LogP contribution in [-0.2, 0) is 28.7 Å². The van der Waals surface area contributed by atoms with Gasteiger partial charge in [-0.3, -0.25) is 9.59 Å². The molecule has 0 radical (unpaired) electrons. The Morgan fingerprint density at radius 2 is 1.57 bits per heavy atom. The van der Waals surface area contributed by atoms with E-state index in [0.717, 1.165) is 36.2 Å². The van der Waals surface area contributed by atoms with E-state index in [4.69, 9.17) is 0 Å². The highest BCUT2D eigenvalue weighted by molar-refractivity contribution is 8.13. The summed E-state index contributed by atoms with van der Waals surface area (Å²) in [5, 5.41) is 2.68. The molecule has 0 unspecified atom stereocenters. The highest BCUT2D eigenvalue weighted by Crippen LogP contribution is 2.12. The molecule has 2 amide bonds. The molecule has 0 saturated carbocycles. The van der Waals surface area contributed by atoms with Gasteiger partial charge in [0.05, 0.1) is 12.5 Å². The number of hydrogen-bond donors (Lipinski definition) is 1. The van der Waals surface area contributed by atoms with Crippen molar-refractivity contribution >= 4 is 41.6 Å². The van der Waals surface area contributed by atoms with Gasteiger partial charge < -0.3 is 5.32 Å². The van der Waals surface area contributed by atoms with Gasteiger partial charge in [0.15, 0.2) is 0 Å². The molecule has 21 heavy (non-hydrogen) atoms. The van der Waals surface area contributed by atoms with Crippen LogP contribution in [0, 0.1) is 0 Å². The predicted octanol–water partition coefficient (Wildman–Crippen LogP) is -0.350. The van der Waals surface area contributed by atoms with Gasteiger partial charge in [0.2, 0.25) is 30.9 Å². The zero-order valence-electron chi connectivity index (χ0n) is 11.8. The smallest absolute Gasteiger partial charge is 0.236 e. The van der Waals surface area contributed by atoms with Crippen molar-refractivity contribution in [3.05, 3.63) is 0 Å². The van der Waals surface area contributed by atoms with E-state index in [1.165, 1.54) is 0 Å². The minimum absolute atomic E-state index is 0.204. The molecule has 0 aromatic carbocycles. The molecule has 11 heteroatoms. The minimum Gasteiger partial charge on any atom is -0.356 e. The van der Waals surface area contributed by atoms with Gasteiger partial charge in [-0.1, -0.05) is 0 Å². The Balaban J connectivity index is 0.000000312. The van der Waals surface area contributed by atoms with E-state index in [-0.39, 0.29) is 11.8 Å². The van der Waals surface area contributed by atoms with Gasteiger partial charge in [-0.25, -0.2) is 21.1 Å². The van der Waals surface area contributed by atoms with E-state index < -0.39 is 19.1 Å². The number of nitrogens with zero attached hydrogens (tertiary/aromatic N) is 1. The van der Waals surface area contributed by atoms with Crippen LogP contribution < -0.4 is 5.32 Å². The topological polar surface area (TPSA) is 118 Å². The first kappa shape index (κ1) is 20.1. The molecule has 2 fully saturated rings. The van der Waals surface area contributed by atoms with Crippen molar-refractivity contribution in [3.63, 3.8) is 0 Å². The van der Waals surface area contributed by atoms with Gasteiger partial charge in [0, 0.05) is 36.6 Å². The second-order valence-corrected chi connectivity index (χ2v) is 9.42. The quantitative estimate of drug-likeness (QED) is 0.637. The van der Waals surface area contributed by atoms with Crippen LogP contribution in [0.2, 0.25) is 0 Å². The maximum absolute atomic E-state index is 10.8. The largest absolute Gasteiger partial charge is 0.356 e. The molecule has 1 N–H and O–H groups in total. The van der Waals surface area contributed by atoms with Crippen molar-refractivity contribution in [1.29, 1.82) is 0 Å². The molecule has 2 heterocycles. The Bertz CT molecular complexity index is 556. The fourth-order valence-electron chi connectivity index (χ4n) is 1.54. The van der Waals surface area contributed by atoms with Crippen molar-refractivity contribution < 1.29 is 26.4 Å². The number of hydrogen-bond acceptors (Lipinski definition) is 6. The molecular formula is C10H19ClN2O6S2. The summed E-state index contributed by atoms with van der Waals surface area (Å²) >= 11 is 0. The number of amides is 2. The molecule has 2 saturated heterocycles. The van der Waals surface area contributed by atoms with Crippen LogP contribution in [0.3, 0.4) is 0 Å². The van der Waals surface area contributed by atoms with E-state index in [1.807, 2.05) is 0 Å². The molecule has 124 valence electrons. The first-order chi connectivity index (χ1) is 9.41. The van der Waals surface area contributed by atoms with Crippen LogP contribution in [0.1, 0.15) is 25.7 Å². The zero-order valence-corrected chi connectivity index (χ0v) is 14.2. The summed E-state index contributed by atoms with van der Waals surface area (Å²) in [6, 6.07) is 0. The first-order valence-electron chi connectivity index (χ1n) is 6.08. The number of sulfonamides is 1. The van der Waals surface area contributed by atoms with Crippen molar-refractivity contribution in [1.82, 2.24) is 9.62 Å². The molecule has 0 spiro atoms.